The maximum absolute atomic E-state index is 12.6. The van der Waals surface area contributed by atoms with E-state index in [9.17, 15) is 4.79 Å². The van der Waals surface area contributed by atoms with Crippen LogP contribution in [0.2, 0.25) is 0 Å². The molecule has 2 rings (SSSR count). The molecule has 20 heavy (non-hydrogen) atoms. The summed E-state index contributed by atoms with van der Waals surface area (Å²) in [6, 6.07) is 15.4. The lowest BCUT2D eigenvalue weighted by Crippen LogP contribution is -2.30. The number of hydrogen-bond acceptors (Lipinski definition) is 2. The average Bonchev–Trinajstić information content (AvgIpc) is 2.48. The van der Waals surface area contributed by atoms with E-state index in [0.29, 0.717) is 11.3 Å². The van der Waals surface area contributed by atoms with Crippen molar-refractivity contribution >= 4 is 11.6 Å². The van der Waals surface area contributed by atoms with Gasteiger partial charge in [0.25, 0.3) is 5.91 Å². The van der Waals surface area contributed by atoms with Crippen molar-refractivity contribution in [3.8, 4) is 0 Å². The monoisotopic (exact) mass is 268 g/mol. The fourth-order valence-corrected chi connectivity index (χ4v) is 2.19. The minimum absolute atomic E-state index is 0.00819. The van der Waals surface area contributed by atoms with Crippen molar-refractivity contribution in [2.75, 3.05) is 12.8 Å². The highest BCUT2D eigenvalue weighted by molar-refractivity contribution is 5.96. The van der Waals surface area contributed by atoms with Gasteiger partial charge < -0.3 is 10.6 Å². The molecule has 3 nitrogen and oxygen atoms in total. The average molecular weight is 268 g/mol. The number of nitrogens with two attached hydrogens (primary N) is 1. The van der Waals surface area contributed by atoms with Crippen LogP contribution >= 0.6 is 0 Å². The van der Waals surface area contributed by atoms with Crippen molar-refractivity contribution in [3.63, 3.8) is 0 Å². The summed E-state index contributed by atoms with van der Waals surface area (Å²) in [6.07, 6.45) is 0. The van der Waals surface area contributed by atoms with Gasteiger partial charge in [0.1, 0.15) is 0 Å². The van der Waals surface area contributed by atoms with E-state index in [4.69, 9.17) is 5.73 Å². The molecule has 0 aliphatic rings. The summed E-state index contributed by atoms with van der Waals surface area (Å²) in [6.45, 7) is 3.95. The lowest BCUT2D eigenvalue weighted by atomic mass is 10.0. The summed E-state index contributed by atoms with van der Waals surface area (Å²) in [7, 11) is 1.82. The number of nitrogens with zero attached hydrogens (tertiary/aromatic N) is 1. The summed E-state index contributed by atoms with van der Waals surface area (Å²) < 4.78 is 0. The summed E-state index contributed by atoms with van der Waals surface area (Å²) in [4.78, 5) is 14.3. The first kappa shape index (κ1) is 14.1. The number of hydrogen-bond donors (Lipinski definition) is 1. The summed E-state index contributed by atoms with van der Waals surface area (Å²) in [5, 5.41) is 0. The normalized spacial score (nSPS) is 11.9. The van der Waals surface area contributed by atoms with E-state index in [-0.39, 0.29) is 11.9 Å². The van der Waals surface area contributed by atoms with Gasteiger partial charge in [-0.1, -0.05) is 36.4 Å². The molecule has 0 saturated heterocycles. The smallest absolute Gasteiger partial charge is 0.254 e. The van der Waals surface area contributed by atoms with Gasteiger partial charge in [0, 0.05) is 18.3 Å². The Morgan fingerprint density at radius 3 is 2.45 bits per heavy atom. The summed E-state index contributed by atoms with van der Waals surface area (Å²) >= 11 is 0. The van der Waals surface area contributed by atoms with Crippen LogP contribution in [0.3, 0.4) is 0 Å². The number of aryl methyl sites for hydroxylation is 1. The SMILES string of the molecule is Cc1ccc(N)cc1C(=O)N(C)C(C)c1ccccc1. The van der Waals surface area contributed by atoms with E-state index in [0.717, 1.165) is 11.1 Å². The number of nitrogen functional groups attached to an aromatic ring is 1. The molecule has 0 aliphatic heterocycles. The molecule has 2 N–H and O–H groups in total. The van der Waals surface area contributed by atoms with Crippen LogP contribution in [0, 0.1) is 6.92 Å². The van der Waals surface area contributed by atoms with E-state index in [2.05, 4.69) is 0 Å². The van der Waals surface area contributed by atoms with Crippen LogP contribution in [0.1, 0.15) is 34.5 Å². The zero-order chi connectivity index (χ0) is 14.7. The molecule has 0 aromatic heterocycles. The predicted molar refractivity (Wildman–Crippen MR) is 82.5 cm³/mol. The van der Waals surface area contributed by atoms with Crippen LogP contribution < -0.4 is 5.73 Å². The molecule has 0 saturated carbocycles. The Morgan fingerprint density at radius 1 is 1.15 bits per heavy atom. The van der Waals surface area contributed by atoms with E-state index < -0.39 is 0 Å². The van der Waals surface area contributed by atoms with Crippen molar-refractivity contribution in [1.82, 2.24) is 4.90 Å². The zero-order valence-corrected chi connectivity index (χ0v) is 12.1. The van der Waals surface area contributed by atoms with Gasteiger partial charge in [0.2, 0.25) is 0 Å². The van der Waals surface area contributed by atoms with Gasteiger partial charge in [0.15, 0.2) is 0 Å². The minimum Gasteiger partial charge on any atom is -0.399 e. The van der Waals surface area contributed by atoms with Gasteiger partial charge in [-0.25, -0.2) is 0 Å². The van der Waals surface area contributed by atoms with Crippen molar-refractivity contribution < 1.29 is 4.79 Å². The first-order valence-electron chi connectivity index (χ1n) is 6.69. The number of carbonyl (C=O) groups excluding carboxylic acids is 1. The first-order chi connectivity index (χ1) is 9.50. The van der Waals surface area contributed by atoms with Crippen LogP contribution in [0.5, 0.6) is 0 Å². The highest BCUT2D eigenvalue weighted by atomic mass is 16.2. The molecule has 0 radical (unpaired) electrons. The summed E-state index contributed by atoms with van der Waals surface area (Å²) in [5.41, 5.74) is 9.11. The quantitative estimate of drug-likeness (QED) is 0.867. The predicted octanol–water partition coefficient (Wildman–Crippen LogP) is 3.41. The Balaban J connectivity index is 2.27. The molecule has 0 spiro atoms. The number of rotatable bonds is 3. The van der Waals surface area contributed by atoms with Crippen LogP contribution in [0.4, 0.5) is 5.69 Å². The Hall–Kier alpha value is -2.29. The fraction of sp³-hybridized carbons (Fsp3) is 0.235. The molecule has 2 aromatic rings. The third kappa shape index (κ3) is 2.82. The van der Waals surface area contributed by atoms with Crippen molar-refractivity contribution in [2.24, 2.45) is 0 Å². The molecule has 104 valence electrons. The van der Waals surface area contributed by atoms with Crippen LogP contribution in [-0.2, 0) is 0 Å². The van der Waals surface area contributed by atoms with Gasteiger partial charge in [-0.2, -0.15) is 0 Å². The minimum atomic E-state index is -0.00819. The lowest BCUT2D eigenvalue weighted by molar-refractivity contribution is 0.0742. The number of anilines is 1. The van der Waals surface area contributed by atoms with Crippen LogP contribution in [0.25, 0.3) is 0 Å². The molecule has 2 aromatic carbocycles. The Morgan fingerprint density at radius 2 is 1.80 bits per heavy atom. The molecular formula is C17H20N2O. The van der Waals surface area contributed by atoms with Gasteiger partial charge in [0.05, 0.1) is 6.04 Å². The van der Waals surface area contributed by atoms with Crippen LogP contribution in [-0.4, -0.2) is 17.9 Å². The Labute approximate surface area is 120 Å². The van der Waals surface area contributed by atoms with E-state index in [1.807, 2.05) is 63.4 Å². The lowest BCUT2D eigenvalue weighted by Gasteiger charge is -2.26. The molecule has 1 atom stereocenters. The van der Waals surface area contributed by atoms with Crippen molar-refractivity contribution in [3.05, 3.63) is 65.2 Å². The first-order valence-corrected chi connectivity index (χ1v) is 6.69. The van der Waals surface area contributed by atoms with E-state index in [1.54, 1.807) is 11.0 Å². The van der Waals surface area contributed by atoms with Crippen LogP contribution in [0.15, 0.2) is 48.5 Å². The molecule has 0 heterocycles. The number of carbonyl (C=O) groups is 1. The third-order valence-electron chi connectivity index (χ3n) is 3.68. The second-order valence-electron chi connectivity index (χ2n) is 5.08. The van der Waals surface area contributed by atoms with Gasteiger partial charge in [-0.15, -0.1) is 0 Å². The largest absolute Gasteiger partial charge is 0.399 e. The second kappa shape index (κ2) is 5.78. The molecule has 0 bridgehead atoms. The van der Waals surface area contributed by atoms with Gasteiger partial charge in [-0.3, -0.25) is 4.79 Å². The maximum Gasteiger partial charge on any atom is 0.254 e. The van der Waals surface area contributed by atoms with E-state index >= 15 is 0 Å². The number of amides is 1. The third-order valence-corrected chi connectivity index (χ3v) is 3.68. The van der Waals surface area contributed by atoms with E-state index in [1.165, 1.54) is 0 Å². The van der Waals surface area contributed by atoms with Gasteiger partial charge >= 0.3 is 0 Å². The topological polar surface area (TPSA) is 46.3 Å². The molecular weight excluding hydrogens is 248 g/mol. The highest BCUT2D eigenvalue weighted by Crippen LogP contribution is 2.22. The summed E-state index contributed by atoms with van der Waals surface area (Å²) in [5.74, 6) is -0.00819. The van der Waals surface area contributed by atoms with Gasteiger partial charge in [-0.05, 0) is 37.1 Å². The molecule has 1 unspecified atom stereocenters. The maximum atomic E-state index is 12.6. The fourth-order valence-electron chi connectivity index (χ4n) is 2.19. The molecule has 1 amide bonds. The Bertz CT molecular complexity index is 608. The molecule has 3 heteroatoms. The molecule has 0 fully saturated rings. The Kier molecular flexibility index (Phi) is 4.08. The molecule has 0 aliphatic carbocycles. The van der Waals surface area contributed by atoms with Crippen molar-refractivity contribution in [1.29, 1.82) is 0 Å². The standard InChI is InChI=1S/C17H20N2O/c1-12-9-10-15(18)11-16(12)17(20)19(3)13(2)14-7-5-4-6-8-14/h4-11,13H,18H2,1-3H3. The zero-order valence-electron chi connectivity index (χ0n) is 12.1. The van der Waals surface area contributed by atoms with Crippen molar-refractivity contribution in [2.45, 2.75) is 19.9 Å². The number of benzene rings is 2. The highest BCUT2D eigenvalue weighted by Gasteiger charge is 2.20. The second-order valence-corrected chi connectivity index (χ2v) is 5.08.